The number of ether oxygens (including phenoxy) is 1. The van der Waals surface area contributed by atoms with Crippen LogP contribution in [0.3, 0.4) is 0 Å². The number of para-hydroxylation sites is 1. The molecule has 3 rings (SSSR count). The number of aryl methyl sites for hydroxylation is 1. The first-order valence-corrected chi connectivity index (χ1v) is 7.93. The van der Waals surface area contributed by atoms with Crippen molar-refractivity contribution in [2.45, 2.75) is 26.7 Å². The minimum Gasteiger partial charge on any atom is -0.489 e. The van der Waals surface area contributed by atoms with E-state index in [4.69, 9.17) is 9.15 Å². The molecule has 2 aromatic rings. The lowest BCUT2D eigenvalue weighted by atomic mass is 9.98. The number of hydrogen-bond acceptors (Lipinski definition) is 5. The molecule has 1 fully saturated rings. The fourth-order valence-electron chi connectivity index (χ4n) is 3.00. The van der Waals surface area contributed by atoms with Gasteiger partial charge >= 0.3 is 5.76 Å². The number of benzene rings is 1. The second kappa shape index (κ2) is 6.48. The highest BCUT2D eigenvalue weighted by molar-refractivity contribution is 5.84. The average Bonchev–Trinajstić information content (AvgIpc) is 2.53. The SMILES string of the molecule is CCN1CCC(COc2cccc3c(C)nc(=O)oc23)CC1. The van der Waals surface area contributed by atoms with E-state index in [2.05, 4.69) is 16.8 Å². The van der Waals surface area contributed by atoms with Gasteiger partial charge in [0, 0.05) is 5.39 Å². The fourth-order valence-corrected chi connectivity index (χ4v) is 3.00. The quantitative estimate of drug-likeness (QED) is 0.869. The maximum absolute atomic E-state index is 11.5. The highest BCUT2D eigenvalue weighted by Gasteiger charge is 2.19. The minimum absolute atomic E-state index is 0.506. The molecule has 1 aromatic carbocycles. The summed E-state index contributed by atoms with van der Waals surface area (Å²) in [6.07, 6.45) is 2.31. The molecule has 1 saturated heterocycles. The van der Waals surface area contributed by atoms with Gasteiger partial charge in [0.2, 0.25) is 0 Å². The summed E-state index contributed by atoms with van der Waals surface area (Å²) in [7, 11) is 0. The molecule has 1 aromatic heterocycles. The molecule has 0 aliphatic carbocycles. The lowest BCUT2D eigenvalue weighted by molar-refractivity contribution is 0.146. The maximum atomic E-state index is 11.5. The van der Waals surface area contributed by atoms with Gasteiger partial charge in [0.15, 0.2) is 11.3 Å². The van der Waals surface area contributed by atoms with Crippen molar-refractivity contribution in [2.24, 2.45) is 5.92 Å². The van der Waals surface area contributed by atoms with Gasteiger partial charge in [0.25, 0.3) is 0 Å². The second-order valence-corrected chi connectivity index (χ2v) is 5.89. The van der Waals surface area contributed by atoms with Crippen LogP contribution in [-0.2, 0) is 0 Å². The monoisotopic (exact) mass is 302 g/mol. The van der Waals surface area contributed by atoms with Gasteiger partial charge in [-0.3, -0.25) is 0 Å². The van der Waals surface area contributed by atoms with Gasteiger partial charge < -0.3 is 14.1 Å². The Balaban J connectivity index is 1.73. The second-order valence-electron chi connectivity index (χ2n) is 5.89. The molecule has 0 bridgehead atoms. The zero-order chi connectivity index (χ0) is 15.5. The zero-order valence-corrected chi connectivity index (χ0v) is 13.2. The lowest BCUT2D eigenvalue weighted by Crippen LogP contribution is -2.35. The first-order valence-electron chi connectivity index (χ1n) is 7.93. The van der Waals surface area contributed by atoms with E-state index in [-0.39, 0.29) is 0 Å². The van der Waals surface area contributed by atoms with Crippen molar-refractivity contribution in [3.8, 4) is 5.75 Å². The molecule has 0 radical (unpaired) electrons. The molecule has 0 spiro atoms. The van der Waals surface area contributed by atoms with Gasteiger partial charge in [-0.15, -0.1) is 0 Å². The molecular weight excluding hydrogens is 280 g/mol. The van der Waals surface area contributed by atoms with E-state index in [0.29, 0.717) is 29.6 Å². The number of fused-ring (bicyclic) bond motifs is 1. The fraction of sp³-hybridized carbons (Fsp3) is 0.529. The van der Waals surface area contributed by atoms with Crippen LogP contribution >= 0.6 is 0 Å². The molecular formula is C17H22N2O3. The van der Waals surface area contributed by atoms with Gasteiger partial charge in [0.05, 0.1) is 12.3 Å². The molecule has 1 aliphatic heterocycles. The van der Waals surface area contributed by atoms with Gasteiger partial charge in [-0.2, -0.15) is 4.98 Å². The third-order valence-corrected chi connectivity index (χ3v) is 4.45. The molecule has 0 amide bonds. The number of nitrogens with zero attached hydrogens (tertiary/aromatic N) is 2. The highest BCUT2D eigenvalue weighted by Crippen LogP contribution is 2.27. The molecule has 118 valence electrons. The number of rotatable bonds is 4. The van der Waals surface area contributed by atoms with Crippen molar-refractivity contribution >= 4 is 11.0 Å². The summed E-state index contributed by atoms with van der Waals surface area (Å²) in [6, 6.07) is 5.66. The Labute approximate surface area is 129 Å². The van der Waals surface area contributed by atoms with Crippen LogP contribution in [0, 0.1) is 12.8 Å². The number of piperidine rings is 1. The van der Waals surface area contributed by atoms with E-state index in [1.54, 1.807) is 0 Å². The van der Waals surface area contributed by atoms with E-state index in [0.717, 1.165) is 37.9 Å². The van der Waals surface area contributed by atoms with Crippen LogP contribution in [0.5, 0.6) is 5.75 Å². The van der Waals surface area contributed by atoms with Gasteiger partial charge in [-0.1, -0.05) is 13.0 Å². The molecule has 22 heavy (non-hydrogen) atoms. The third-order valence-electron chi connectivity index (χ3n) is 4.45. The predicted molar refractivity (Wildman–Crippen MR) is 85.3 cm³/mol. The summed E-state index contributed by atoms with van der Waals surface area (Å²) in [5.41, 5.74) is 1.18. The van der Waals surface area contributed by atoms with Crippen LogP contribution in [-0.4, -0.2) is 36.1 Å². The van der Waals surface area contributed by atoms with Crippen molar-refractivity contribution in [3.63, 3.8) is 0 Å². The molecule has 2 heterocycles. The van der Waals surface area contributed by atoms with Crippen LogP contribution < -0.4 is 10.5 Å². The van der Waals surface area contributed by atoms with E-state index in [1.807, 2.05) is 25.1 Å². The Bertz CT molecular complexity index is 703. The van der Waals surface area contributed by atoms with E-state index in [1.165, 1.54) is 0 Å². The smallest absolute Gasteiger partial charge is 0.439 e. The van der Waals surface area contributed by atoms with Crippen molar-refractivity contribution in [2.75, 3.05) is 26.2 Å². The van der Waals surface area contributed by atoms with Gasteiger partial charge in [-0.25, -0.2) is 4.79 Å². The molecule has 5 nitrogen and oxygen atoms in total. The Kier molecular flexibility index (Phi) is 4.43. The number of likely N-dealkylation sites (tertiary alicyclic amines) is 1. The van der Waals surface area contributed by atoms with Gasteiger partial charge in [-0.05, 0) is 57.5 Å². The van der Waals surface area contributed by atoms with Crippen molar-refractivity contribution in [3.05, 3.63) is 34.4 Å². The lowest BCUT2D eigenvalue weighted by Gasteiger charge is -2.30. The first-order chi connectivity index (χ1) is 10.7. The predicted octanol–water partition coefficient (Wildman–Crippen LogP) is 2.61. The zero-order valence-electron chi connectivity index (χ0n) is 13.2. The van der Waals surface area contributed by atoms with Crippen LogP contribution in [0.1, 0.15) is 25.5 Å². The van der Waals surface area contributed by atoms with E-state index < -0.39 is 5.76 Å². The Morgan fingerprint density at radius 2 is 2.14 bits per heavy atom. The van der Waals surface area contributed by atoms with E-state index >= 15 is 0 Å². The molecule has 1 aliphatic rings. The summed E-state index contributed by atoms with van der Waals surface area (Å²) < 4.78 is 11.2. The Morgan fingerprint density at radius 1 is 1.36 bits per heavy atom. The Morgan fingerprint density at radius 3 is 2.86 bits per heavy atom. The average molecular weight is 302 g/mol. The van der Waals surface area contributed by atoms with E-state index in [9.17, 15) is 4.79 Å². The van der Waals surface area contributed by atoms with Crippen molar-refractivity contribution < 1.29 is 9.15 Å². The number of hydrogen-bond donors (Lipinski definition) is 0. The van der Waals surface area contributed by atoms with Crippen LogP contribution in [0.25, 0.3) is 11.0 Å². The van der Waals surface area contributed by atoms with Crippen LogP contribution in [0.15, 0.2) is 27.4 Å². The molecule has 0 N–H and O–H groups in total. The highest BCUT2D eigenvalue weighted by atomic mass is 16.5. The topological polar surface area (TPSA) is 55.6 Å². The summed E-state index contributed by atoms with van der Waals surface area (Å²) in [5.74, 6) is 0.628. The van der Waals surface area contributed by atoms with Crippen LogP contribution in [0.2, 0.25) is 0 Å². The first kappa shape index (κ1) is 15.0. The molecule has 0 saturated carbocycles. The Hall–Kier alpha value is -1.88. The molecule has 0 atom stereocenters. The molecule has 5 heteroatoms. The van der Waals surface area contributed by atoms with Crippen molar-refractivity contribution in [1.82, 2.24) is 9.88 Å². The molecule has 0 unspecified atom stereocenters. The van der Waals surface area contributed by atoms with Gasteiger partial charge in [0.1, 0.15) is 0 Å². The van der Waals surface area contributed by atoms with Crippen LogP contribution in [0.4, 0.5) is 0 Å². The minimum atomic E-state index is -0.572. The largest absolute Gasteiger partial charge is 0.489 e. The van der Waals surface area contributed by atoms with Crippen molar-refractivity contribution in [1.29, 1.82) is 0 Å². The number of aromatic nitrogens is 1. The summed E-state index contributed by atoms with van der Waals surface area (Å²) in [4.78, 5) is 17.8. The summed E-state index contributed by atoms with van der Waals surface area (Å²) in [6.45, 7) is 8.07. The summed E-state index contributed by atoms with van der Waals surface area (Å²) in [5, 5.41) is 0.831. The third kappa shape index (κ3) is 3.14. The standard InChI is InChI=1S/C17H22N2O3/c1-3-19-9-7-13(8-10-19)11-21-15-6-4-5-14-12(2)18-17(20)22-16(14)15/h4-6,13H,3,7-11H2,1-2H3. The summed E-state index contributed by atoms with van der Waals surface area (Å²) >= 11 is 0. The normalized spacial score (nSPS) is 17.0. The maximum Gasteiger partial charge on any atom is 0.439 e.